The van der Waals surface area contributed by atoms with Gasteiger partial charge in [0.1, 0.15) is 0 Å². The standard InChI is InChI=1S/C5H9O6P/c1-5(8,12(9,10)11)3-2-4(6)7/h2-3,8H,1H3,(H,6,7)(H2,9,10,11). The summed E-state index contributed by atoms with van der Waals surface area (Å²) in [6.07, 6.45) is 1.01. The molecule has 0 aromatic carbocycles. The van der Waals surface area contributed by atoms with Crippen LogP contribution < -0.4 is 0 Å². The average molecular weight is 196 g/mol. The van der Waals surface area contributed by atoms with Gasteiger partial charge in [-0.2, -0.15) is 0 Å². The van der Waals surface area contributed by atoms with Crippen LogP contribution in [0.4, 0.5) is 0 Å². The minimum Gasteiger partial charge on any atom is -0.478 e. The van der Waals surface area contributed by atoms with E-state index in [1.165, 1.54) is 0 Å². The highest BCUT2D eigenvalue weighted by atomic mass is 31.2. The molecule has 7 heteroatoms. The van der Waals surface area contributed by atoms with Gasteiger partial charge in [-0.1, -0.05) is 0 Å². The predicted molar refractivity (Wildman–Crippen MR) is 39.4 cm³/mol. The van der Waals surface area contributed by atoms with E-state index < -0.39 is 18.9 Å². The van der Waals surface area contributed by atoms with Crippen molar-refractivity contribution in [2.24, 2.45) is 0 Å². The molecule has 12 heavy (non-hydrogen) atoms. The second-order valence-corrected chi connectivity index (χ2v) is 4.30. The summed E-state index contributed by atoms with van der Waals surface area (Å²) in [5.41, 5.74) is 0. The van der Waals surface area contributed by atoms with Crippen LogP contribution >= 0.6 is 7.60 Å². The molecule has 0 heterocycles. The van der Waals surface area contributed by atoms with E-state index in [9.17, 15) is 9.36 Å². The van der Waals surface area contributed by atoms with E-state index in [1.807, 2.05) is 0 Å². The van der Waals surface area contributed by atoms with Gasteiger partial charge in [-0.05, 0) is 13.0 Å². The van der Waals surface area contributed by atoms with Gasteiger partial charge in [-0.25, -0.2) is 4.79 Å². The number of aliphatic carboxylic acids is 1. The molecule has 6 nitrogen and oxygen atoms in total. The summed E-state index contributed by atoms with van der Waals surface area (Å²) >= 11 is 0. The molecule has 0 fully saturated rings. The van der Waals surface area contributed by atoms with Crippen molar-refractivity contribution in [1.82, 2.24) is 0 Å². The lowest BCUT2D eigenvalue weighted by Gasteiger charge is -2.19. The first kappa shape index (κ1) is 11.3. The third-order valence-corrected chi connectivity index (χ3v) is 2.46. The molecule has 0 saturated heterocycles. The van der Waals surface area contributed by atoms with Crippen LogP contribution in [-0.2, 0) is 9.36 Å². The molecule has 1 unspecified atom stereocenters. The molecule has 0 radical (unpaired) electrons. The number of carbonyl (C=O) groups is 1. The van der Waals surface area contributed by atoms with Crippen molar-refractivity contribution in [2.45, 2.75) is 12.3 Å². The number of hydrogen-bond donors (Lipinski definition) is 4. The lowest BCUT2D eigenvalue weighted by molar-refractivity contribution is -0.131. The van der Waals surface area contributed by atoms with E-state index in [0.29, 0.717) is 12.2 Å². The summed E-state index contributed by atoms with van der Waals surface area (Å²) in [5.74, 6) is -1.39. The summed E-state index contributed by atoms with van der Waals surface area (Å²) < 4.78 is 10.5. The van der Waals surface area contributed by atoms with Gasteiger partial charge in [0.05, 0.1) is 0 Å². The van der Waals surface area contributed by atoms with Crippen molar-refractivity contribution in [1.29, 1.82) is 0 Å². The maximum absolute atomic E-state index is 10.5. The van der Waals surface area contributed by atoms with E-state index in [0.717, 1.165) is 6.92 Å². The average Bonchev–Trinajstić information content (AvgIpc) is 1.81. The Kier molecular flexibility index (Phi) is 3.17. The van der Waals surface area contributed by atoms with Crippen LogP contribution in [0.3, 0.4) is 0 Å². The Morgan fingerprint density at radius 2 is 1.92 bits per heavy atom. The molecule has 0 aliphatic rings. The van der Waals surface area contributed by atoms with E-state index in [-0.39, 0.29) is 0 Å². The van der Waals surface area contributed by atoms with E-state index >= 15 is 0 Å². The zero-order chi connectivity index (χ0) is 9.99. The molecule has 1 atom stereocenters. The van der Waals surface area contributed by atoms with E-state index in [2.05, 4.69) is 0 Å². The highest BCUT2D eigenvalue weighted by Gasteiger charge is 2.37. The highest BCUT2D eigenvalue weighted by molar-refractivity contribution is 7.53. The van der Waals surface area contributed by atoms with Crippen molar-refractivity contribution in [3.63, 3.8) is 0 Å². The summed E-state index contributed by atoms with van der Waals surface area (Å²) in [7, 11) is -4.72. The van der Waals surface area contributed by atoms with Crippen molar-refractivity contribution >= 4 is 13.6 Å². The molecule has 0 aliphatic carbocycles. The smallest absolute Gasteiger partial charge is 0.360 e. The minimum absolute atomic E-state index is 0.471. The first-order valence-electron chi connectivity index (χ1n) is 2.87. The second-order valence-electron chi connectivity index (χ2n) is 2.31. The monoisotopic (exact) mass is 196 g/mol. The van der Waals surface area contributed by atoms with Crippen molar-refractivity contribution in [3.8, 4) is 0 Å². The first-order chi connectivity index (χ1) is 5.17. The number of aliphatic hydroxyl groups is 1. The normalized spacial score (nSPS) is 17.7. The molecule has 70 valence electrons. The molecular weight excluding hydrogens is 187 g/mol. The molecule has 4 N–H and O–H groups in total. The molecule has 0 aromatic rings. The Labute approximate surface area is 68.3 Å². The predicted octanol–water partition coefficient (Wildman–Crippen LogP) is -0.487. The summed E-state index contributed by atoms with van der Waals surface area (Å²) in [6, 6.07) is 0. The fourth-order valence-electron chi connectivity index (χ4n) is 0.326. The molecule has 0 amide bonds. The lowest BCUT2D eigenvalue weighted by Crippen LogP contribution is -2.20. The third-order valence-electron chi connectivity index (χ3n) is 1.13. The Morgan fingerprint density at radius 3 is 2.17 bits per heavy atom. The number of carboxylic acid groups (broad SMARTS) is 1. The van der Waals surface area contributed by atoms with Crippen LogP contribution in [-0.4, -0.2) is 31.3 Å². The number of carboxylic acids is 1. The fourth-order valence-corrected chi connectivity index (χ4v) is 0.595. The Morgan fingerprint density at radius 1 is 1.50 bits per heavy atom. The first-order valence-corrected chi connectivity index (χ1v) is 4.48. The highest BCUT2D eigenvalue weighted by Crippen LogP contribution is 2.49. The Hall–Kier alpha value is -0.680. The van der Waals surface area contributed by atoms with Gasteiger partial charge in [0, 0.05) is 6.08 Å². The molecule has 0 aromatic heterocycles. The topological polar surface area (TPSA) is 115 Å². The minimum atomic E-state index is -4.72. The summed E-state index contributed by atoms with van der Waals surface area (Å²) in [6.45, 7) is 0.827. The molecular formula is C5H9O6P. The molecule has 0 aliphatic heterocycles. The van der Waals surface area contributed by atoms with Gasteiger partial charge < -0.3 is 20.0 Å². The van der Waals surface area contributed by atoms with Crippen LogP contribution in [0.5, 0.6) is 0 Å². The van der Waals surface area contributed by atoms with Crippen LogP contribution in [0, 0.1) is 0 Å². The molecule has 0 bridgehead atoms. The fraction of sp³-hybridized carbons (Fsp3) is 0.400. The lowest BCUT2D eigenvalue weighted by atomic mass is 10.3. The van der Waals surface area contributed by atoms with Gasteiger partial charge in [-0.15, -0.1) is 0 Å². The van der Waals surface area contributed by atoms with Gasteiger partial charge in [0.2, 0.25) is 0 Å². The van der Waals surface area contributed by atoms with Gasteiger partial charge in [0.15, 0.2) is 5.34 Å². The summed E-state index contributed by atoms with van der Waals surface area (Å²) in [4.78, 5) is 26.9. The van der Waals surface area contributed by atoms with Gasteiger partial charge in [0.25, 0.3) is 0 Å². The number of hydrogen-bond acceptors (Lipinski definition) is 3. The molecule has 0 rings (SSSR count). The maximum atomic E-state index is 10.5. The SMILES string of the molecule is CC(O)(C=CC(=O)O)P(=O)(O)O. The van der Waals surface area contributed by atoms with Crippen molar-refractivity contribution in [3.05, 3.63) is 12.2 Å². The van der Waals surface area contributed by atoms with Crippen LogP contribution in [0.1, 0.15) is 6.92 Å². The zero-order valence-corrected chi connectivity index (χ0v) is 7.10. The van der Waals surface area contributed by atoms with Crippen LogP contribution in [0.15, 0.2) is 12.2 Å². The van der Waals surface area contributed by atoms with Crippen molar-refractivity contribution in [2.75, 3.05) is 0 Å². The zero-order valence-electron chi connectivity index (χ0n) is 6.21. The van der Waals surface area contributed by atoms with E-state index in [4.69, 9.17) is 20.0 Å². The van der Waals surface area contributed by atoms with Crippen LogP contribution in [0.2, 0.25) is 0 Å². The largest absolute Gasteiger partial charge is 0.478 e. The maximum Gasteiger partial charge on any atom is 0.360 e. The van der Waals surface area contributed by atoms with Crippen molar-refractivity contribution < 1.29 is 29.4 Å². The molecule has 0 spiro atoms. The van der Waals surface area contributed by atoms with E-state index in [1.54, 1.807) is 0 Å². The summed E-state index contributed by atoms with van der Waals surface area (Å²) in [5, 5.41) is 14.7. The third kappa shape index (κ3) is 3.15. The molecule has 0 saturated carbocycles. The second kappa shape index (κ2) is 3.37. The van der Waals surface area contributed by atoms with Gasteiger partial charge in [-0.3, -0.25) is 4.57 Å². The quantitative estimate of drug-likeness (QED) is 0.357. The van der Waals surface area contributed by atoms with Gasteiger partial charge >= 0.3 is 13.6 Å². The Bertz CT molecular complexity index is 249. The number of rotatable bonds is 3. The van der Waals surface area contributed by atoms with Crippen LogP contribution in [0.25, 0.3) is 0 Å². The Balaban J connectivity index is 4.66.